The van der Waals surface area contributed by atoms with E-state index in [1.54, 1.807) is 11.1 Å². The van der Waals surface area contributed by atoms with E-state index in [4.69, 9.17) is 0 Å². The normalized spacial score (nSPS) is 34.8. The molecule has 12 heavy (non-hydrogen) atoms. The molecule has 0 radical (unpaired) electrons. The summed E-state index contributed by atoms with van der Waals surface area (Å²) in [6.07, 6.45) is 10.5. The third kappa shape index (κ3) is 1.26. The maximum absolute atomic E-state index is 3.75. The third-order valence-corrected chi connectivity index (χ3v) is 2.98. The Hall–Kier alpha value is -0.780. The molecule has 2 aliphatic carbocycles. The van der Waals surface area contributed by atoms with Crippen LogP contribution in [0, 0.1) is 11.8 Å². The fraction of sp³-hybridized carbons (Fsp3) is 0.500. The SMILES string of the molecule is C=CCCC(C)=C1C=CC2CC12. The summed E-state index contributed by atoms with van der Waals surface area (Å²) in [5.74, 6) is 1.83. The number of hydrogen-bond acceptors (Lipinski definition) is 0. The number of hydrogen-bond donors (Lipinski definition) is 0. The van der Waals surface area contributed by atoms with Crippen LogP contribution in [0.5, 0.6) is 0 Å². The quantitative estimate of drug-likeness (QED) is 0.554. The summed E-state index contributed by atoms with van der Waals surface area (Å²) in [6, 6.07) is 0. The van der Waals surface area contributed by atoms with Crippen molar-refractivity contribution < 1.29 is 0 Å². The van der Waals surface area contributed by atoms with Gasteiger partial charge in [0.25, 0.3) is 0 Å². The Kier molecular flexibility index (Phi) is 1.92. The van der Waals surface area contributed by atoms with E-state index < -0.39 is 0 Å². The van der Waals surface area contributed by atoms with Crippen LogP contribution >= 0.6 is 0 Å². The highest BCUT2D eigenvalue weighted by molar-refractivity contribution is 5.40. The average molecular weight is 160 g/mol. The standard InChI is InChI=1S/C12H16/c1-3-4-5-9(2)11-7-6-10-8-12(10)11/h3,6-7,10,12H,1,4-5,8H2,2H3. The molecule has 0 nitrogen and oxygen atoms in total. The van der Waals surface area contributed by atoms with Gasteiger partial charge in [-0.25, -0.2) is 0 Å². The minimum atomic E-state index is 0.912. The Morgan fingerprint density at radius 1 is 1.75 bits per heavy atom. The van der Waals surface area contributed by atoms with Crippen LogP contribution in [0.25, 0.3) is 0 Å². The molecule has 0 N–H and O–H groups in total. The van der Waals surface area contributed by atoms with E-state index in [0.29, 0.717) is 0 Å². The molecule has 2 rings (SSSR count). The highest BCUT2D eigenvalue weighted by Gasteiger charge is 2.41. The number of allylic oxidation sites excluding steroid dienone is 5. The van der Waals surface area contributed by atoms with Crippen LogP contribution in [-0.4, -0.2) is 0 Å². The summed E-state index contributed by atoms with van der Waals surface area (Å²) in [5.41, 5.74) is 3.21. The molecule has 0 aromatic heterocycles. The monoisotopic (exact) mass is 160 g/mol. The Bertz CT molecular complexity index is 255. The van der Waals surface area contributed by atoms with Gasteiger partial charge in [0.15, 0.2) is 0 Å². The van der Waals surface area contributed by atoms with Crippen LogP contribution in [-0.2, 0) is 0 Å². The van der Waals surface area contributed by atoms with Crippen LogP contribution in [0.1, 0.15) is 26.2 Å². The second kappa shape index (κ2) is 2.93. The van der Waals surface area contributed by atoms with Gasteiger partial charge in [0, 0.05) is 0 Å². The fourth-order valence-corrected chi connectivity index (χ4v) is 2.06. The summed E-state index contributed by atoms with van der Waals surface area (Å²) >= 11 is 0. The molecule has 1 fully saturated rings. The highest BCUT2D eigenvalue weighted by Crippen LogP contribution is 2.51. The molecule has 0 aromatic rings. The van der Waals surface area contributed by atoms with E-state index >= 15 is 0 Å². The maximum atomic E-state index is 3.75. The third-order valence-electron chi connectivity index (χ3n) is 2.98. The van der Waals surface area contributed by atoms with Crippen molar-refractivity contribution in [3.63, 3.8) is 0 Å². The van der Waals surface area contributed by atoms with Gasteiger partial charge >= 0.3 is 0 Å². The van der Waals surface area contributed by atoms with Gasteiger partial charge in [0.1, 0.15) is 0 Å². The molecule has 0 heterocycles. The van der Waals surface area contributed by atoms with Gasteiger partial charge in [-0.15, -0.1) is 6.58 Å². The molecule has 0 spiro atoms. The van der Waals surface area contributed by atoms with Crippen molar-refractivity contribution in [3.8, 4) is 0 Å². The van der Waals surface area contributed by atoms with Gasteiger partial charge in [-0.1, -0.05) is 23.8 Å². The first kappa shape index (κ1) is 7.85. The molecule has 0 saturated heterocycles. The van der Waals surface area contributed by atoms with E-state index in [1.807, 2.05) is 6.08 Å². The summed E-state index contributed by atoms with van der Waals surface area (Å²) < 4.78 is 0. The van der Waals surface area contributed by atoms with Crippen molar-refractivity contribution >= 4 is 0 Å². The van der Waals surface area contributed by atoms with E-state index in [0.717, 1.165) is 18.3 Å². The molecule has 2 aliphatic rings. The summed E-state index contributed by atoms with van der Waals surface area (Å²) in [5, 5.41) is 0. The zero-order valence-electron chi connectivity index (χ0n) is 7.72. The van der Waals surface area contributed by atoms with Crippen molar-refractivity contribution in [2.45, 2.75) is 26.2 Å². The lowest BCUT2D eigenvalue weighted by Crippen LogP contribution is -1.86. The van der Waals surface area contributed by atoms with Crippen LogP contribution in [0.3, 0.4) is 0 Å². The summed E-state index contributed by atoms with van der Waals surface area (Å²) in [7, 11) is 0. The first-order chi connectivity index (χ1) is 5.83. The zero-order valence-corrected chi connectivity index (χ0v) is 7.72. The van der Waals surface area contributed by atoms with E-state index in [-0.39, 0.29) is 0 Å². The molecule has 64 valence electrons. The van der Waals surface area contributed by atoms with Gasteiger partial charge in [0.05, 0.1) is 0 Å². The molecular formula is C12H16. The van der Waals surface area contributed by atoms with Crippen LogP contribution < -0.4 is 0 Å². The highest BCUT2D eigenvalue weighted by atomic mass is 14.4. The molecule has 0 aliphatic heterocycles. The predicted molar refractivity (Wildman–Crippen MR) is 52.9 cm³/mol. The maximum Gasteiger partial charge on any atom is -0.00935 e. The molecule has 2 atom stereocenters. The molecule has 0 amide bonds. The number of fused-ring (bicyclic) bond motifs is 1. The van der Waals surface area contributed by atoms with Crippen molar-refractivity contribution in [1.29, 1.82) is 0 Å². The molecule has 0 bridgehead atoms. The zero-order chi connectivity index (χ0) is 8.55. The fourth-order valence-electron chi connectivity index (χ4n) is 2.06. The Morgan fingerprint density at radius 3 is 3.08 bits per heavy atom. The van der Waals surface area contributed by atoms with Gasteiger partial charge in [-0.05, 0) is 43.6 Å². The van der Waals surface area contributed by atoms with Crippen molar-refractivity contribution in [2.24, 2.45) is 11.8 Å². The minimum absolute atomic E-state index is 0.912. The van der Waals surface area contributed by atoms with Crippen LogP contribution in [0.4, 0.5) is 0 Å². The van der Waals surface area contributed by atoms with Crippen LogP contribution in [0.2, 0.25) is 0 Å². The molecule has 2 unspecified atom stereocenters. The number of rotatable bonds is 3. The topological polar surface area (TPSA) is 0 Å². The molecule has 0 aromatic carbocycles. The molecule has 0 heteroatoms. The van der Waals surface area contributed by atoms with E-state index in [9.17, 15) is 0 Å². The van der Waals surface area contributed by atoms with Gasteiger partial charge in [-0.3, -0.25) is 0 Å². The van der Waals surface area contributed by atoms with Crippen molar-refractivity contribution in [3.05, 3.63) is 36.0 Å². The summed E-state index contributed by atoms with van der Waals surface area (Å²) in [6.45, 7) is 6.02. The lowest BCUT2D eigenvalue weighted by molar-refractivity contribution is 0.911. The van der Waals surface area contributed by atoms with Gasteiger partial charge in [0.2, 0.25) is 0 Å². The first-order valence-electron chi connectivity index (χ1n) is 4.81. The van der Waals surface area contributed by atoms with E-state index in [1.165, 1.54) is 12.8 Å². The van der Waals surface area contributed by atoms with Crippen molar-refractivity contribution in [2.75, 3.05) is 0 Å². The van der Waals surface area contributed by atoms with Crippen molar-refractivity contribution in [1.82, 2.24) is 0 Å². The van der Waals surface area contributed by atoms with Gasteiger partial charge < -0.3 is 0 Å². The smallest absolute Gasteiger partial charge is 0.00935 e. The Morgan fingerprint density at radius 2 is 2.58 bits per heavy atom. The molecule has 1 saturated carbocycles. The van der Waals surface area contributed by atoms with Crippen LogP contribution in [0.15, 0.2) is 36.0 Å². The second-order valence-corrected chi connectivity index (χ2v) is 3.93. The minimum Gasteiger partial charge on any atom is -0.103 e. The molecular weight excluding hydrogens is 144 g/mol. The average Bonchev–Trinajstić information content (AvgIpc) is 2.74. The van der Waals surface area contributed by atoms with E-state index in [2.05, 4.69) is 25.7 Å². The Balaban J connectivity index is 2.04. The predicted octanol–water partition coefficient (Wildman–Crippen LogP) is 3.48. The van der Waals surface area contributed by atoms with Gasteiger partial charge in [-0.2, -0.15) is 0 Å². The largest absolute Gasteiger partial charge is 0.103 e. The Labute approximate surface area is 74.7 Å². The second-order valence-electron chi connectivity index (χ2n) is 3.93. The lowest BCUT2D eigenvalue weighted by atomic mass is 10.0. The lowest BCUT2D eigenvalue weighted by Gasteiger charge is -2.03. The first-order valence-corrected chi connectivity index (χ1v) is 4.81. The summed E-state index contributed by atoms with van der Waals surface area (Å²) in [4.78, 5) is 0.